The van der Waals surface area contributed by atoms with Crippen LogP contribution in [0.15, 0.2) is 0 Å². The van der Waals surface area contributed by atoms with E-state index >= 15 is 0 Å². The van der Waals surface area contributed by atoms with Crippen molar-refractivity contribution in [1.82, 2.24) is 0 Å². The van der Waals surface area contributed by atoms with E-state index in [1.54, 1.807) is 0 Å². The maximum absolute atomic E-state index is 10.7. The molecule has 0 aliphatic carbocycles. The molecule has 0 spiro atoms. The first-order valence-electron chi connectivity index (χ1n) is 12.6. The third-order valence-corrected chi connectivity index (χ3v) is 6.51. The minimum Gasteiger partial charge on any atom is -0.394 e. The van der Waals surface area contributed by atoms with Crippen molar-refractivity contribution in [2.24, 2.45) is 0 Å². The second-order valence-corrected chi connectivity index (χ2v) is 9.20. The van der Waals surface area contributed by atoms with Gasteiger partial charge >= 0.3 is 0 Å². The Morgan fingerprint density at radius 2 is 1.21 bits per heavy atom. The van der Waals surface area contributed by atoms with Gasteiger partial charge < -0.3 is 54.7 Å². The maximum atomic E-state index is 10.7. The van der Waals surface area contributed by atoms with Crippen LogP contribution in [0.3, 0.4) is 0 Å². The highest BCUT2D eigenvalue weighted by atomic mass is 16.7. The molecule has 2 aliphatic heterocycles. The highest BCUT2D eigenvalue weighted by Crippen LogP contribution is 2.29. The lowest BCUT2D eigenvalue weighted by atomic mass is 9.97. The van der Waals surface area contributed by atoms with Gasteiger partial charge in [0.1, 0.15) is 48.8 Å². The Hall–Kier alpha value is -0.440. The van der Waals surface area contributed by atoms with Gasteiger partial charge in [0, 0.05) is 6.61 Å². The van der Waals surface area contributed by atoms with Crippen LogP contribution in [0.1, 0.15) is 64.7 Å². The lowest BCUT2D eigenvalue weighted by Crippen LogP contribution is -2.64. The number of ether oxygens (including phenoxy) is 4. The van der Waals surface area contributed by atoms with Gasteiger partial charge in [0.15, 0.2) is 12.6 Å². The molecule has 0 aromatic heterocycles. The summed E-state index contributed by atoms with van der Waals surface area (Å²) in [5, 5.41) is 70.1. The van der Waals surface area contributed by atoms with Crippen molar-refractivity contribution < 1.29 is 54.7 Å². The first-order chi connectivity index (χ1) is 16.3. The van der Waals surface area contributed by atoms with E-state index < -0.39 is 74.6 Å². The van der Waals surface area contributed by atoms with E-state index in [-0.39, 0.29) is 0 Å². The third-order valence-electron chi connectivity index (χ3n) is 6.51. The van der Waals surface area contributed by atoms with Crippen molar-refractivity contribution in [3.63, 3.8) is 0 Å². The molecule has 34 heavy (non-hydrogen) atoms. The molecule has 10 atom stereocenters. The molecule has 2 fully saturated rings. The molecule has 2 rings (SSSR count). The van der Waals surface area contributed by atoms with Gasteiger partial charge in [0.05, 0.1) is 13.2 Å². The van der Waals surface area contributed by atoms with Gasteiger partial charge in [0.25, 0.3) is 0 Å². The largest absolute Gasteiger partial charge is 0.394 e. The van der Waals surface area contributed by atoms with Crippen LogP contribution in [0.25, 0.3) is 0 Å². The van der Waals surface area contributed by atoms with E-state index in [2.05, 4.69) is 6.92 Å². The molecule has 0 radical (unpaired) electrons. The molecule has 0 amide bonds. The first kappa shape index (κ1) is 29.8. The predicted octanol–water partition coefficient (Wildman–Crippen LogP) is -0.842. The molecule has 0 bridgehead atoms. The molecule has 202 valence electrons. The van der Waals surface area contributed by atoms with E-state index in [0.29, 0.717) is 6.61 Å². The molecule has 0 aromatic carbocycles. The van der Waals surface area contributed by atoms with Gasteiger partial charge in [-0.05, 0) is 6.42 Å². The van der Waals surface area contributed by atoms with Gasteiger partial charge in [-0.25, -0.2) is 0 Å². The Balaban J connectivity index is 1.85. The Morgan fingerprint density at radius 3 is 1.79 bits per heavy atom. The molecular formula is C23H44O11. The lowest BCUT2D eigenvalue weighted by molar-refractivity contribution is -0.357. The van der Waals surface area contributed by atoms with E-state index in [9.17, 15) is 35.7 Å². The molecule has 0 aromatic rings. The van der Waals surface area contributed by atoms with Crippen LogP contribution in [0.5, 0.6) is 0 Å². The topological polar surface area (TPSA) is 179 Å². The van der Waals surface area contributed by atoms with Crippen molar-refractivity contribution in [2.45, 2.75) is 126 Å². The standard InChI is InChI=1S/C23H44O11/c1-2-3-4-5-6-7-8-9-10-11-31-21-16(26)14(12-24)33-23(19(21)29)34-20-15(13-25)32-22(30)18(28)17(20)27/h14-30H,2-13H2,1H3/t14-,15-,16-,17-,18-,19-,20-,21+,22+,23-/m1/s1. The number of aliphatic hydroxyl groups is 7. The van der Waals surface area contributed by atoms with Crippen molar-refractivity contribution in [2.75, 3.05) is 19.8 Å². The van der Waals surface area contributed by atoms with Gasteiger partial charge in [-0.3, -0.25) is 0 Å². The molecule has 2 aliphatic rings. The van der Waals surface area contributed by atoms with Crippen LogP contribution >= 0.6 is 0 Å². The summed E-state index contributed by atoms with van der Waals surface area (Å²) < 4.78 is 21.8. The monoisotopic (exact) mass is 496 g/mol. The van der Waals surface area contributed by atoms with Crippen LogP contribution in [-0.4, -0.2) is 117 Å². The Morgan fingerprint density at radius 1 is 0.618 bits per heavy atom. The van der Waals surface area contributed by atoms with Gasteiger partial charge in [-0.1, -0.05) is 58.3 Å². The fourth-order valence-electron chi connectivity index (χ4n) is 4.38. The summed E-state index contributed by atoms with van der Waals surface area (Å²) in [5.74, 6) is 0. The SMILES string of the molecule is CCCCCCCCCCCO[C@@H]1[C@@H](O)[C@@H](O[C@H]2[C@H](O)[C@@H](O)[C@@H](O)O[C@@H]2CO)O[C@H](CO)[C@H]1O. The molecule has 0 saturated carbocycles. The minimum absolute atomic E-state index is 0.291. The quantitative estimate of drug-likeness (QED) is 0.141. The van der Waals surface area contributed by atoms with E-state index in [0.717, 1.165) is 25.7 Å². The number of unbranched alkanes of at least 4 members (excludes halogenated alkanes) is 8. The van der Waals surface area contributed by atoms with Crippen LogP contribution in [0, 0.1) is 0 Å². The average Bonchev–Trinajstić information content (AvgIpc) is 2.83. The lowest BCUT2D eigenvalue weighted by Gasteiger charge is -2.46. The summed E-state index contributed by atoms with van der Waals surface area (Å²) >= 11 is 0. The number of aliphatic hydroxyl groups excluding tert-OH is 7. The van der Waals surface area contributed by atoms with Crippen LogP contribution < -0.4 is 0 Å². The van der Waals surface area contributed by atoms with Crippen molar-refractivity contribution >= 4 is 0 Å². The fraction of sp³-hybridized carbons (Fsp3) is 1.00. The van der Waals surface area contributed by atoms with Crippen molar-refractivity contribution in [3.8, 4) is 0 Å². The molecule has 7 N–H and O–H groups in total. The predicted molar refractivity (Wildman–Crippen MR) is 120 cm³/mol. The number of hydrogen-bond acceptors (Lipinski definition) is 11. The summed E-state index contributed by atoms with van der Waals surface area (Å²) in [7, 11) is 0. The number of rotatable bonds is 15. The van der Waals surface area contributed by atoms with E-state index in [4.69, 9.17) is 18.9 Å². The molecular weight excluding hydrogens is 452 g/mol. The van der Waals surface area contributed by atoms with Crippen LogP contribution in [0.2, 0.25) is 0 Å². The normalized spacial score (nSPS) is 38.8. The second kappa shape index (κ2) is 15.6. The zero-order chi connectivity index (χ0) is 25.1. The Kier molecular flexibility index (Phi) is 13.7. The fourth-order valence-corrected chi connectivity index (χ4v) is 4.38. The van der Waals surface area contributed by atoms with Gasteiger partial charge in [-0.15, -0.1) is 0 Å². The zero-order valence-corrected chi connectivity index (χ0v) is 20.0. The highest BCUT2D eigenvalue weighted by molar-refractivity contribution is 4.94. The molecule has 11 nitrogen and oxygen atoms in total. The molecule has 2 heterocycles. The number of hydrogen-bond donors (Lipinski definition) is 7. The summed E-state index contributed by atoms with van der Waals surface area (Å²) in [6.07, 6.45) is -3.91. The molecule has 2 saturated heterocycles. The molecule has 11 heteroatoms. The zero-order valence-electron chi connectivity index (χ0n) is 20.0. The summed E-state index contributed by atoms with van der Waals surface area (Å²) in [6.45, 7) is 1.27. The smallest absolute Gasteiger partial charge is 0.187 e. The van der Waals surface area contributed by atoms with Gasteiger partial charge in [-0.2, -0.15) is 0 Å². The first-order valence-corrected chi connectivity index (χ1v) is 12.6. The highest BCUT2D eigenvalue weighted by Gasteiger charge is 2.50. The van der Waals surface area contributed by atoms with Gasteiger partial charge in [0.2, 0.25) is 0 Å². The van der Waals surface area contributed by atoms with Crippen LogP contribution in [-0.2, 0) is 18.9 Å². The average molecular weight is 497 g/mol. The second-order valence-electron chi connectivity index (χ2n) is 9.20. The maximum Gasteiger partial charge on any atom is 0.187 e. The minimum atomic E-state index is -1.72. The van der Waals surface area contributed by atoms with Crippen LogP contribution in [0.4, 0.5) is 0 Å². The summed E-state index contributed by atoms with van der Waals surface area (Å²) in [5.41, 5.74) is 0. The van der Waals surface area contributed by atoms with Crippen molar-refractivity contribution in [1.29, 1.82) is 0 Å². The van der Waals surface area contributed by atoms with E-state index in [1.165, 1.54) is 32.1 Å². The Bertz CT molecular complexity index is 537. The van der Waals surface area contributed by atoms with Crippen molar-refractivity contribution in [3.05, 3.63) is 0 Å². The van der Waals surface area contributed by atoms with E-state index in [1.807, 2.05) is 0 Å². The summed E-state index contributed by atoms with van der Waals surface area (Å²) in [6, 6.07) is 0. The Labute approximate surface area is 201 Å². The third kappa shape index (κ3) is 8.31. The summed E-state index contributed by atoms with van der Waals surface area (Å²) in [4.78, 5) is 0. The molecule has 0 unspecified atom stereocenters.